The van der Waals surface area contributed by atoms with E-state index in [9.17, 15) is 8.42 Å². The largest absolute Gasteiger partial charge is 0.316 e. The average Bonchev–Trinajstić information content (AvgIpc) is 2.30. The van der Waals surface area contributed by atoms with Gasteiger partial charge in [-0.1, -0.05) is 0 Å². The first-order chi connectivity index (χ1) is 8.07. The normalized spacial score (nSPS) is 32.5. The zero-order chi connectivity index (χ0) is 12.3. The van der Waals surface area contributed by atoms with Crippen LogP contribution < -0.4 is 5.32 Å². The molecule has 1 N–H and O–H groups in total. The van der Waals surface area contributed by atoms with Crippen molar-refractivity contribution in [2.24, 2.45) is 5.92 Å². The van der Waals surface area contributed by atoms with Crippen molar-refractivity contribution in [2.45, 2.75) is 18.2 Å². The van der Waals surface area contributed by atoms with E-state index < -0.39 is 9.84 Å². The Balaban J connectivity index is 1.96. The number of thioether (sulfide) groups is 1. The molecule has 2 rings (SSSR count). The van der Waals surface area contributed by atoms with Gasteiger partial charge in [0.05, 0.1) is 0 Å². The van der Waals surface area contributed by atoms with Gasteiger partial charge in [-0.2, -0.15) is 11.8 Å². The van der Waals surface area contributed by atoms with E-state index in [4.69, 9.17) is 0 Å². The molecule has 0 aromatic heterocycles. The predicted molar refractivity (Wildman–Crippen MR) is 73.1 cm³/mol. The second-order valence-corrected chi connectivity index (χ2v) is 8.42. The molecule has 2 heterocycles. The van der Waals surface area contributed by atoms with Gasteiger partial charge in [0.1, 0.15) is 5.37 Å². The van der Waals surface area contributed by atoms with Crippen molar-refractivity contribution >= 4 is 21.6 Å². The Morgan fingerprint density at radius 2 is 2.29 bits per heavy atom. The molecule has 2 aliphatic rings. The maximum absolute atomic E-state index is 11.8. The van der Waals surface area contributed by atoms with E-state index in [1.54, 1.807) is 11.8 Å². The fraction of sp³-hybridized carbons (Fsp3) is 1.00. The van der Waals surface area contributed by atoms with Crippen LogP contribution >= 0.6 is 11.8 Å². The Kier molecular flexibility index (Phi) is 4.74. The summed E-state index contributed by atoms with van der Waals surface area (Å²) in [6.45, 7) is 4.01. The fourth-order valence-corrected chi connectivity index (χ4v) is 5.58. The number of nitrogens with zero attached hydrogens (tertiary/aromatic N) is 1. The highest BCUT2D eigenvalue weighted by Gasteiger charge is 2.32. The van der Waals surface area contributed by atoms with Crippen molar-refractivity contribution < 1.29 is 8.42 Å². The SMILES string of the molecule is CS(=O)(=O)C1CSCCN1CC1CCCNC1. The lowest BCUT2D eigenvalue weighted by atomic mass is 9.99. The summed E-state index contributed by atoms with van der Waals surface area (Å²) in [6.07, 6.45) is 3.82. The highest BCUT2D eigenvalue weighted by atomic mass is 32.2. The van der Waals surface area contributed by atoms with Gasteiger partial charge >= 0.3 is 0 Å². The second kappa shape index (κ2) is 5.91. The van der Waals surface area contributed by atoms with Gasteiger partial charge in [-0.25, -0.2) is 8.42 Å². The van der Waals surface area contributed by atoms with Gasteiger partial charge in [-0.3, -0.25) is 4.90 Å². The van der Waals surface area contributed by atoms with Crippen LogP contribution in [0.2, 0.25) is 0 Å². The second-order valence-electron chi connectivity index (χ2n) is 5.07. The minimum atomic E-state index is -2.94. The van der Waals surface area contributed by atoms with Gasteiger partial charge < -0.3 is 5.32 Å². The van der Waals surface area contributed by atoms with E-state index in [0.29, 0.717) is 5.92 Å². The first-order valence-corrected chi connectivity index (χ1v) is 9.39. The van der Waals surface area contributed by atoms with E-state index in [2.05, 4.69) is 10.2 Å². The molecule has 100 valence electrons. The minimum absolute atomic E-state index is 0.261. The van der Waals surface area contributed by atoms with Crippen LogP contribution in [-0.4, -0.2) is 62.6 Å². The molecule has 2 unspecified atom stereocenters. The van der Waals surface area contributed by atoms with Crippen LogP contribution in [0.15, 0.2) is 0 Å². The molecule has 0 aromatic rings. The van der Waals surface area contributed by atoms with Gasteiger partial charge in [0.25, 0.3) is 0 Å². The van der Waals surface area contributed by atoms with Gasteiger partial charge in [0, 0.05) is 30.9 Å². The minimum Gasteiger partial charge on any atom is -0.316 e. The third-order valence-electron chi connectivity index (χ3n) is 3.58. The summed E-state index contributed by atoms with van der Waals surface area (Å²) in [6, 6.07) is 0. The molecule has 6 heteroatoms. The maximum atomic E-state index is 11.8. The average molecular weight is 278 g/mol. The Hall–Kier alpha value is 0.220. The Bertz CT molecular complexity index is 339. The van der Waals surface area contributed by atoms with Crippen molar-refractivity contribution in [3.05, 3.63) is 0 Å². The standard InChI is InChI=1S/C11H22N2O2S2/c1-17(14,15)11-9-16-6-5-13(11)8-10-3-2-4-12-7-10/h10-12H,2-9H2,1H3. The summed E-state index contributed by atoms with van der Waals surface area (Å²) >= 11 is 1.76. The number of nitrogens with one attached hydrogen (secondary N) is 1. The van der Waals surface area contributed by atoms with Crippen LogP contribution in [0.5, 0.6) is 0 Å². The lowest BCUT2D eigenvalue weighted by Gasteiger charge is -2.37. The smallest absolute Gasteiger partial charge is 0.164 e. The highest BCUT2D eigenvalue weighted by molar-refractivity contribution is 8.00. The molecular weight excluding hydrogens is 256 g/mol. The molecule has 2 aliphatic heterocycles. The Morgan fingerprint density at radius 1 is 1.47 bits per heavy atom. The lowest BCUT2D eigenvalue weighted by molar-refractivity contribution is 0.205. The number of rotatable bonds is 3. The van der Waals surface area contributed by atoms with Crippen molar-refractivity contribution in [1.29, 1.82) is 0 Å². The molecule has 0 aliphatic carbocycles. The van der Waals surface area contributed by atoms with Gasteiger partial charge in [-0.15, -0.1) is 0 Å². The molecule has 0 aromatic carbocycles. The van der Waals surface area contributed by atoms with Crippen molar-refractivity contribution in [2.75, 3.05) is 43.9 Å². The maximum Gasteiger partial charge on any atom is 0.164 e. The quantitative estimate of drug-likeness (QED) is 0.810. The summed E-state index contributed by atoms with van der Waals surface area (Å²) in [7, 11) is -2.94. The number of hydrogen-bond acceptors (Lipinski definition) is 5. The molecular formula is C11H22N2O2S2. The van der Waals surface area contributed by atoms with Crippen LogP contribution in [-0.2, 0) is 9.84 Å². The van der Waals surface area contributed by atoms with Crippen LogP contribution in [0, 0.1) is 5.92 Å². The molecule has 2 atom stereocenters. The Labute approximate surface area is 108 Å². The van der Waals surface area contributed by atoms with E-state index in [0.717, 1.165) is 37.7 Å². The molecule has 0 saturated carbocycles. The molecule has 4 nitrogen and oxygen atoms in total. The van der Waals surface area contributed by atoms with Crippen LogP contribution in [0.3, 0.4) is 0 Å². The first kappa shape index (κ1) is 13.6. The van der Waals surface area contributed by atoms with E-state index in [1.807, 2.05) is 0 Å². The number of sulfone groups is 1. The van der Waals surface area contributed by atoms with E-state index in [1.165, 1.54) is 19.1 Å². The van der Waals surface area contributed by atoms with Crippen molar-refractivity contribution in [3.63, 3.8) is 0 Å². The number of piperidine rings is 1. The Morgan fingerprint density at radius 3 is 2.94 bits per heavy atom. The molecule has 0 radical (unpaired) electrons. The topological polar surface area (TPSA) is 49.4 Å². The zero-order valence-corrected chi connectivity index (χ0v) is 12.0. The molecule has 17 heavy (non-hydrogen) atoms. The number of hydrogen-bond donors (Lipinski definition) is 1. The molecule has 0 spiro atoms. The zero-order valence-electron chi connectivity index (χ0n) is 10.4. The summed E-state index contributed by atoms with van der Waals surface area (Å²) in [5.41, 5.74) is 0. The molecule has 2 fully saturated rings. The van der Waals surface area contributed by atoms with E-state index >= 15 is 0 Å². The summed E-state index contributed by atoms with van der Waals surface area (Å²) < 4.78 is 23.5. The molecule has 0 amide bonds. The van der Waals surface area contributed by atoms with Gasteiger partial charge in [-0.05, 0) is 31.8 Å². The van der Waals surface area contributed by atoms with Crippen LogP contribution in [0.25, 0.3) is 0 Å². The van der Waals surface area contributed by atoms with Crippen LogP contribution in [0.1, 0.15) is 12.8 Å². The third kappa shape index (κ3) is 3.84. The van der Waals surface area contributed by atoms with Crippen molar-refractivity contribution in [3.8, 4) is 0 Å². The fourth-order valence-electron chi connectivity index (χ4n) is 2.63. The highest BCUT2D eigenvalue weighted by Crippen LogP contribution is 2.23. The van der Waals surface area contributed by atoms with Crippen molar-refractivity contribution in [1.82, 2.24) is 10.2 Å². The van der Waals surface area contributed by atoms with Gasteiger partial charge in [0.2, 0.25) is 0 Å². The third-order valence-corrected chi connectivity index (χ3v) is 6.26. The van der Waals surface area contributed by atoms with Crippen LogP contribution in [0.4, 0.5) is 0 Å². The molecule has 0 bridgehead atoms. The van der Waals surface area contributed by atoms with Gasteiger partial charge in [0.15, 0.2) is 9.84 Å². The summed E-state index contributed by atoms with van der Waals surface area (Å²) in [4.78, 5) is 2.18. The van der Waals surface area contributed by atoms with E-state index in [-0.39, 0.29) is 5.37 Å². The molecule has 2 saturated heterocycles. The lowest BCUT2D eigenvalue weighted by Crippen LogP contribution is -2.50. The predicted octanol–water partition coefficient (Wildman–Crippen LogP) is 0.406. The summed E-state index contributed by atoms with van der Waals surface area (Å²) in [5.74, 6) is 2.42. The summed E-state index contributed by atoms with van der Waals surface area (Å²) in [5, 5.41) is 3.14. The monoisotopic (exact) mass is 278 g/mol. The first-order valence-electron chi connectivity index (χ1n) is 6.29.